The molecule has 1 aromatic rings. The fourth-order valence-corrected chi connectivity index (χ4v) is 5.92. The molecule has 1 saturated heterocycles. The molecular weight excluding hydrogens is 386 g/mol. The van der Waals surface area contributed by atoms with Crippen LogP contribution in [0.4, 0.5) is 0 Å². The maximum Gasteiger partial charge on any atom is 0.252 e. The fourth-order valence-electron chi connectivity index (χ4n) is 2.81. The normalized spacial score (nSPS) is 19.5. The van der Waals surface area contributed by atoms with Crippen molar-refractivity contribution in [2.45, 2.75) is 23.5 Å². The van der Waals surface area contributed by atoms with Crippen LogP contribution in [0.1, 0.15) is 19.3 Å². The monoisotopic (exact) mass is 401 g/mol. The Hall–Kier alpha value is -1.60. The van der Waals surface area contributed by atoms with Gasteiger partial charge < -0.3 is 4.74 Å². The Kier molecular flexibility index (Phi) is 5.34. The van der Waals surface area contributed by atoms with Gasteiger partial charge in [-0.3, -0.25) is 10.1 Å². The number of hydrogen-bond donors (Lipinski definition) is 1. The van der Waals surface area contributed by atoms with Crippen LogP contribution in [0, 0.1) is 17.2 Å². The van der Waals surface area contributed by atoms with Crippen LogP contribution in [0.3, 0.4) is 0 Å². The summed E-state index contributed by atoms with van der Waals surface area (Å²) in [5.74, 6) is -0.313. The summed E-state index contributed by atoms with van der Waals surface area (Å²) in [6, 6.07) is 5.06. The molecule has 1 fully saturated rings. The number of amides is 1. The molecule has 7 nitrogen and oxygen atoms in total. The maximum absolute atomic E-state index is 12.6. The molecule has 1 aromatic heterocycles. The Morgan fingerprint density at radius 3 is 2.72 bits per heavy atom. The van der Waals surface area contributed by atoms with E-state index in [0.717, 1.165) is 11.3 Å². The average molecular weight is 402 g/mol. The van der Waals surface area contributed by atoms with Crippen molar-refractivity contribution in [1.82, 2.24) is 9.62 Å². The van der Waals surface area contributed by atoms with Gasteiger partial charge in [0.15, 0.2) is 0 Å². The molecule has 2 aliphatic rings. The number of ether oxygens (including phenoxy) is 1. The van der Waals surface area contributed by atoms with Crippen LogP contribution in [0.2, 0.25) is 4.34 Å². The van der Waals surface area contributed by atoms with Crippen LogP contribution >= 0.6 is 22.9 Å². The molecule has 0 spiro atoms. The van der Waals surface area contributed by atoms with Gasteiger partial charge in [0, 0.05) is 25.4 Å². The Balaban J connectivity index is 1.60. The van der Waals surface area contributed by atoms with E-state index in [1.807, 2.05) is 6.07 Å². The van der Waals surface area contributed by atoms with Gasteiger partial charge in [-0.05, 0) is 25.0 Å². The van der Waals surface area contributed by atoms with Crippen molar-refractivity contribution in [3.63, 3.8) is 0 Å². The van der Waals surface area contributed by atoms with Crippen LogP contribution in [-0.4, -0.2) is 38.3 Å². The van der Waals surface area contributed by atoms with Gasteiger partial charge in [-0.2, -0.15) is 9.57 Å². The second kappa shape index (κ2) is 7.33. The number of hydrogen-bond acceptors (Lipinski definition) is 6. The number of nitrogens with zero attached hydrogens (tertiary/aromatic N) is 2. The first kappa shape index (κ1) is 18.2. The van der Waals surface area contributed by atoms with Gasteiger partial charge in [0.25, 0.3) is 10.0 Å². The van der Waals surface area contributed by atoms with Gasteiger partial charge in [-0.25, -0.2) is 8.42 Å². The standard InChI is InChI=1S/C15H16ClN3O4S2/c16-12-1-2-13(24-12)25(21,22)19-6-3-10(4-7-19)14(20)18-15-11(9-17)5-8-23-15/h1-2,10H,3-8H2,(H,18,20). The van der Waals surface area contributed by atoms with Crippen molar-refractivity contribution in [1.29, 1.82) is 5.26 Å². The third kappa shape index (κ3) is 3.82. The summed E-state index contributed by atoms with van der Waals surface area (Å²) < 4.78 is 32.4. The second-order valence-electron chi connectivity index (χ2n) is 5.74. The Morgan fingerprint density at radius 1 is 1.40 bits per heavy atom. The van der Waals surface area contributed by atoms with Crippen LogP contribution in [0.25, 0.3) is 0 Å². The molecule has 1 amide bonds. The molecule has 25 heavy (non-hydrogen) atoms. The highest BCUT2D eigenvalue weighted by molar-refractivity contribution is 7.91. The number of carbonyl (C=O) groups is 1. The minimum atomic E-state index is -3.57. The molecule has 3 heterocycles. The highest BCUT2D eigenvalue weighted by atomic mass is 35.5. The van der Waals surface area contributed by atoms with Crippen molar-refractivity contribution >= 4 is 38.9 Å². The van der Waals surface area contributed by atoms with Gasteiger partial charge >= 0.3 is 0 Å². The first-order valence-corrected chi connectivity index (χ1v) is 10.4. The highest BCUT2D eigenvalue weighted by Crippen LogP contribution is 2.30. The zero-order valence-corrected chi connectivity index (χ0v) is 15.6. The smallest absolute Gasteiger partial charge is 0.252 e. The predicted molar refractivity (Wildman–Crippen MR) is 92.2 cm³/mol. The Morgan fingerprint density at radius 2 is 2.12 bits per heavy atom. The summed E-state index contributed by atoms with van der Waals surface area (Å²) in [5, 5.41) is 11.6. The number of halogens is 1. The third-order valence-electron chi connectivity index (χ3n) is 4.21. The van der Waals surface area contributed by atoms with Gasteiger partial charge in [-0.15, -0.1) is 11.3 Å². The predicted octanol–water partition coefficient (Wildman–Crippen LogP) is 2.07. The number of piperidine rings is 1. The van der Waals surface area contributed by atoms with E-state index in [9.17, 15) is 13.2 Å². The second-order valence-corrected chi connectivity index (χ2v) is 9.62. The third-order valence-corrected chi connectivity index (χ3v) is 7.81. The molecule has 2 aliphatic heterocycles. The number of sulfonamides is 1. The maximum atomic E-state index is 12.6. The number of rotatable bonds is 4. The largest absolute Gasteiger partial charge is 0.478 e. The number of carbonyl (C=O) groups excluding carboxylic acids is 1. The Labute approximate surface area is 154 Å². The molecule has 1 N–H and O–H groups in total. The zero-order chi connectivity index (χ0) is 18.0. The number of nitriles is 1. The van der Waals surface area contributed by atoms with E-state index in [2.05, 4.69) is 5.32 Å². The van der Waals surface area contributed by atoms with E-state index in [4.69, 9.17) is 21.6 Å². The molecule has 0 unspecified atom stereocenters. The van der Waals surface area contributed by atoms with Gasteiger partial charge in [-0.1, -0.05) is 11.6 Å². The summed E-state index contributed by atoms with van der Waals surface area (Å²) in [7, 11) is -3.57. The van der Waals surface area contributed by atoms with E-state index in [0.29, 0.717) is 35.8 Å². The van der Waals surface area contributed by atoms with E-state index >= 15 is 0 Å². The summed E-state index contributed by atoms with van der Waals surface area (Å²) >= 11 is 6.84. The Bertz CT molecular complexity index is 848. The summed E-state index contributed by atoms with van der Waals surface area (Å²) in [4.78, 5) is 12.3. The van der Waals surface area contributed by atoms with Crippen LogP contribution in [-0.2, 0) is 19.6 Å². The molecule has 0 atom stereocenters. The quantitative estimate of drug-likeness (QED) is 0.832. The van der Waals surface area contributed by atoms with E-state index in [-0.39, 0.29) is 35.0 Å². The van der Waals surface area contributed by atoms with Crippen molar-refractivity contribution in [3.8, 4) is 6.07 Å². The number of nitrogens with one attached hydrogen (secondary N) is 1. The van der Waals surface area contributed by atoms with Gasteiger partial charge in [0.1, 0.15) is 10.3 Å². The minimum Gasteiger partial charge on any atom is -0.478 e. The molecule has 0 saturated carbocycles. The fraction of sp³-hybridized carbons (Fsp3) is 0.467. The molecule has 0 radical (unpaired) electrons. The van der Waals surface area contributed by atoms with Crippen LogP contribution in [0.5, 0.6) is 0 Å². The van der Waals surface area contributed by atoms with Crippen LogP contribution < -0.4 is 5.32 Å². The van der Waals surface area contributed by atoms with Crippen molar-refractivity contribution in [2.24, 2.45) is 5.92 Å². The molecule has 0 aromatic carbocycles. The molecule has 3 rings (SSSR count). The van der Waals surface area contributed by atoms with Crippen molar-refractivity contribution < 1.29 is 17.9 Å². The summed E-state index contributed by atoms with van der Waals surface area (Å²) in [6.45, 7) is 0.917. The first-order chi connectivity index (χ1) is 11.9. The lowest BCUT2D eigenvalue weighted by Crippen LogP contribution is -2.42. The van der Waals surface area contributed by atoms with Crippen molar-refractivity contribution in [3.05, 3.63) is 27.9 Å². The van der Waals surface area contributed by atoms with Gasteiger partial charge in [0.05, 0.1) is 16.5 Å². The highest BCUT2D eigenvalue weighted by Gasteiger charge is 2.33. The first-order valence-electron chi connectivity index (χ1n) is 7.74. The average Bonchev–Trinajstić information content (AvgIpc) is 3.24. The van der Waals surface area contributed by atoms with Gasteiger partial charge in [0.2, 0.25) is 11.8 Å². The van der Waals surface area contributed by atoms with Crippen LogP contribution in [0.15, 0.2) is 27.8 Å². The SMILES string of the molecule is N#CC1=C(NC(=O)C2CCN(S(=O)(=O)c3ccc(Cl)s3)CC2)OCC1. The topological polar surface area (TPSA) is 99.5 Å². The minimum absolute atomic E-state index is 0.212. The molecule has 0 aliphatic carbocycles. The van der Waals surface area contributed by atoms with E-state index in [1.165, 1.54) is 10.4 Å². The molecule has 0 bridgehead atoms. The number of thiophene rings is 1. The van der Waals surface area contributed by atoms with E-state index < -0.39 is 10.0 Å². The zero-order valence-electron chi connectivity index (χ0n) is 13.2. The lowest BCUT2D eigenvalue weighted by Gasteiger charge is -2.30. The molecule has 10 heteroatoms. The lowest BCUT2D eigenvalue weighted by atomic mass is 9.97. The lowest BCUT2D eigenvalue weighted by molar-refractivity contribution is -0.126. The summed E-state index contributed by atoms with van der Waals surface area (Å²) in [5.41, 5.74) is 0.433. The summed E-state index contributed by atoms with van der Waals surface area (Å²) in [6.07, 6.45) is 1.32. The van der Waals surface area contributed by atoms with E-state index in [1.54, 1.807) is 6.07 Å². The van der Waals surface area contributed by atoms with Crippen molar-refractivity contribution in [2.75, 3.05) is 19.7 Å². The molecule has 134 valence electrons. The molecular formula is C15H16ClN3O4S2.